The Hall–Kier alpha value is -2.61. The third kappa shape index (κ3) is 6.78. The van der Waals surface area contributed by atoms with Gasteiger partial charge in [-0.1, -0.05) is 139 Å². The molecule has 1 atom stereocenters. The summed E-state index contributed by atoms with van der Waals surface area (Å²) in [4.78, 5) is 11.4. The lowest BCUT2D eigenvalue weighted by molar-refractivity contribution is -0.137. The summed E-state index contributed by atoms with van der Waals surface area (Å²) < 4.78 is 0. The van der Waals surface area contributed by atoms with Gasteiger partial charge in [0.25, 0.3) is 0 Å². The van der Waals surface area contributed by atoms with Crippen molar-refractivity contribution in [3.05, 3.63) is 60.2 Å². The van der Waals surface area contributed by atoms with E-state index < -0.39 is 5.97 Å². The van der Waals surface area contributed by atoms with E-state index in [1.165, 1.54) is 115 Å². The third-order valence-electron chi connectivity index (χ3n) is 8.12. The van der Waals surface area contributed by atoms with Crippen molar-refractivity contribution >= 4 is 38.3 Å². The van der Waals surface area contributed by atoms with Crippen molar-refractivity contribution < 1.29 is 9.90 Å². The SMILES string of the molecule is CCCCCCCCCCCCCCC(CCC(=O)O)c1ccc2ccc3cccc4ccc1c2c34. The fourth-order valence-corrected chi connectivity index (χ4v) is 6.10. The number of rotatable bonds is 17. The van der Waals surface area contributed by atoms with Crippen LogP contribution in [0.25, 0.3) is 32.3 Å². The maximum absolute atomic E-state index is 11.4. The first-order chi connectivity index (χ1) is 17.7. The van der Waals surface area contributed by atoms with Crippen molar-refractivity contribution in [1.29, 1.82) is 0 Å². The molecule has 192 valence electrons. The Bertz CT molecular complexity index is 1210. The van der Waals surface area contributed by atoms with Gasteiger partial charge in [-0.3, -0.25) is 4.79 Å². The summed E-state index contributed by atoms with van der Waals surface area (Å²) >= 11 is 0. The molecule has 4 aromatic carbocycles. The Morgan fingerprint density at radius 1 is 0.639 bits per heavy atom. The van der Waals surface area contributed by atoms with E-state index in [0.29, 0.717) is 5.92 Å². The molecule has 0 heterocycles. The zero-order chi connectivity index (χ0) is 25.2. The van der Waals surface area contributed by atoms with Gasteiger partial charge in [0, 0.05) is 6.42 Å². The molecule has 2 heteroatoms. The average molecular weight is 485 g/mol. The molecule has 2 nitrogen and oxygen atoms in total. The van der Waals surface area contributed by atoms with Crippen molar-refractivity contribution in [2.75, 3.05) is 0 Å². The quantitative estimate of drug-likeness (QED) is 0.119. The molecule has 0 aliphatic rings. The fraction of sp³-hybridized carbons (Fsp3) is 0.500. The highest BCUT2D eigenvalue weighted by atomic mass is 16.4. The first-order valence-corrected chi connectivity index (χ1v) is 14.6. The van der Waals surface area contributed by atoms with Crippen LogP contribution in [-0.4, -0.2) is 11.1 Å². The van der Waals surface area contributed by atoms with Crippen LogP contribution in [0.2, 0.25) is 0 Å². The number of carboxylic acid groups (broad SMARTS) is 1. The molecule has 0 saturated carbocycles. The second-order valence-electron chi connectivity index (χ2n) is 10.8. The number of benzene rings is 4. The highest BCUT2D eigenvalue weighted by molar-refractivity contribution is 6.23. The number of hydrogen-bond donors (Lipinski definition) is 1. The molecule has 0 bridgehead atoms. The molecule has 0 radical (unpaired) electrons. The molecular weight excluding hydrogens is 440 g/mol. The van der Waals surface area contributed by atoms with E-state index in [-0.39, 0.29) is 6.42 Å². The average Bonchev–Trinajstić information content (AvgIpc) is 2.89. The zero-order valence-corrected chi connectivity index (χ0v) is 22.2. The highest BCUT2D eigenvalue weighted by Crippen LogP contribution is 2.40. The van der Waals surface area contributed by atoms with E-state index in [1.54, 1.807) is 0 Å². The number of aliphatic carboxylic acids is 1. The van der Waals surface area contributed by atoms with Crippen LogP contribution in [0.15, 0.2) is 54.6 Å². The summed E-state index contributed by atoms with van der Waals surface area (Å²) in [6.07, 6.45) is 18.2. The van der Waals surface area contributed by atoms with Gasteiger partial charge >= 0.3 is 5.97 Å². The van der Waals surface area contributed by atoms with Crippen LogP contribution >= 0.6 is 0 Å². The third-order valence-corrected chi connectivity index (χ3v) is 8.12. The van der Waals surface area contributed by atoms with Gasteiger partial charge in [-0.05, 0) is 56.6 Å². The molecule has 0 amide bonds. The Kier molecular flexibility index (Phi) is 10.0. The van der Waals surface area contributed by atoms with E-state index in [0.717, 1.165) is 12.8 Å². The van der Waals surface area contributed by atoms with Gasteiger partial charge in [-0.25, -0.2) is 0 Å². The van der Waals surface area contributed by atoms with E-state index in [1.807, 2.05) is 0 Å². The van der Waals surface area contributed by atoms with E-state index in [9.17, 15) is 9.90 Å². The van der Waals surface area contributed by atoms with Crippen molar-refractivity contribution in [3.63, 3.8) is 0 Å². The molecule has 1 N–H and O–H groups in total. The molecule has 4 aromatic rings. The van der Waals surface area contributed by atoms with Gasteiger partial charge in [0.15, 0.2) is 0 Å². The lowest BCUT2D eigenvalue weighted by Gasteiger charge is -2.21. The predicted octanol–water partition coefficient (Wildman–Crippen LogP) is 10.6. The number of carboxylic acids is 1. The number of unbranched alkanes of at least 4 members (excludes halogenated alkanes) is 11. The summed E-state index contributed by atoms with van der Waals surface area (Å²) in [5.41, 5.74) is 1.34. The summed E-state index contributed by atoms with van der Waals surface area (Å²) in [6, 6.07) is 20.0. The lowest BCUT2D eigenvalue weighted by Crippen LogP contribution is -2.05. The second kappa shape index (κ2) is 13.6. The van der Waals surface area contributed by atoms with Crippen LogP contribution in [0.3, 0.4) is 0 Å². The zero-order valence-electron chi connectivity index (χ0n) is 22.2. The van der Waals surface area contributed by atoms with E-state index in [4.69, 9.17) is 0 Å². The predicted molar refractivity (Wildman–Crippen MR) is 155 cm³/mol. The van der Waals surface area contributed by atoms with Crippen LogP contribution in [0.1, 0.15) is 115 Å². The molecule has 0 spiro atoms. The Labute approximate surface area is 217 Å². The van der Waals surface area contributed by atoms with Gasteiger partial charge in [-0.15, -0.1) is 0 Å². The minimum Gasteiger partial charge on any atom is -0.481 e. The Balaban J connectivity index is 1.36. The summed E-state index contributed by atoms with van der Waals surface area (Å²) in [5, 5.41) is 17.3. The van der Waals surface area contributed by atoms with Crippen molar-refractivity contribution in [3.8, 4) is 0 Å². The highest BCUT2D eigenvalue weighted by Gasteiger charge is 2.18. The molecule has 0 saturated heterocycles. The normalized spacial score (nSPS) is 12.7. The minimum absolute atomic E-state index is 0.241. The first-order valence-electron chi connectivity index (χ1n) is 14.6. The topological polar surface area (TPSA) is 37.3 Å². The van der Waals surface area contributed by atoms with Crippen LogP contribution in [-0.2, 0) is 4.79 Å². The summed E-state index contributed by atoms with van der Waals surface area (Å²) in [7, 11) is 0. The molecule has 36 heavy (non-hydrogen) atoms. The summed E-state index contributed by atoms with van der Waals surface area (Å²) in [5.74, 6) is -0.388. The maximum Gasteiger partial charge on any atom is 0.303 e. The second-order valence-corrected chi connectivity index (χ2v) is 10.8. The van der Waals surface area contributed by atoms with Gasteiger partial charge < -0.3 is 5.11 Å². The molecule has 0 aliphatic heterocycles. The van der Waals surface area contributed by atoms with Gasteiger partial charge in [-0.2, -0.15) is 0 Å². The Morgan fingerprint density at radius 3 is 1.78 bits per heavy atom. The number of hydrogen-bond acceptors (Lipinski definition) is 1. The monoisotopic (exact) mass is 484 g/mol. The van der Waals surface area contributed by atoms with Crippen LogP contribution in [0.4, 0.5) is 0 Å². The molecule has 0 fully saturated rings. The van der Waals surface area contributed by atoms with Crippen molar-refractivity contribution in [2.24, 2.45) is 0 Å². The standard InChI is InChI=1S/C34H44O2/c1-2-3-4-5-6-7-8-9-10-11-12-13-15-26(22-25-32(35)36)30-23-20-29-19-18-27-16-14-17-28-21-24-31(30)34(29)33(27)28/h14,16-21,23-24,26H,2-13,15,22,25H2,1H3,(H,35,36). The molecule has 0 aliphatic carbocycles. The van der Waals surface area contributed by atoms with Crippen LogP contribution < -0.4 is 0 Å². The molecular formula is C34H44O2. The first kappa shape index (κ1) is 26.5. The fourth-order valence-electron chi connectivity index (χ4n) is 6.10. The summed E-state index contributed by atoms with van der Waals surface area (Å²) in [6.45, 7) is 2.28. The van der Waals surface area contributed by atoms with Crippen LogP contribution in [0.5, 0.6) is 0 Å². The minimum atomic E-state index is -0.688. The van der Waals surface area contributed by atoms with Gasteiger partial charge in [0.1, 0.15) is 0 Å². The molecule has 1 unspecified atom stereocenters. The lowest BCUT2D eigenvalue weighted by atomic mass is 9.83. The largest absolute Gasteiger partial charge is 0.481 e. The smallest absolute Gasteiger partial charge is 0.303 e. The van der Waals surface area contributed by atoms with Gasteiger partial charge in [0.05, 0.1) is 0 Å². The van der Waals surface area contributed by atoms with Gasteiger partial charge in [0.2, 0.25) is 0 Å². The van der Waals surface area contributed by atoms with E-state index >= 15 is 0 Å². The number of carbonyl (C=O) groups is 1. The maximum atomic E-state index is 11.4. The van der Waals surface area contributed by atoms with E-state index in [2.05, 4.69) is 61.5 Å². The van der Waals surface area contributed by atoms with Crippen molar-refractivity contribution in [1.82, 2.24) is 0 Å². The van der Waals surface area contributed by atoms with Crippen LogP contribution in [0, 0.1) is 0 Å². The molecule has 4 rings (SSSR count). The molecule has 0 aromatic heterocycles. The Morgan fingerprint density at radius 2 is 1.17 bits per heavy atom. The van der Waals surface area contributed by atoms with Crippen molar-refractivity contribution in [2.45, 2.75) is 109 Å².